The summed E-state index contributed by atoms with van der Waals surface area (Å²) in [4.78, 5) is 50.0. The van der Waals surface area contributed by atoms with E-state index in [0.29, 0.717) is 18.0 Å². The second kappa shape index (κ2) is 145. The molecular formula is C44H82F2N5O12PS45U18. The van der Waals surface area contributed by atoms with E-state index in [1.807, 2.05) is 298 Å². The van der Waals surface area contributed by atoms with Gasteiger partial charge in [0.15, 0.2) is 24.8 Å². The Balaban J connectivity index is -0.0000000697. The molecule has 17 nitrogen and oxygen atoms in total. The number of nitrogens with one attached hydrogen (secondary N) is 2. The van der Waals surface area contributed by atoms with Crippen LogP contribution in [0, 0.1) is 560 Å². The molecule has 127 heavy (non-hydrogen) atoms. The molecule has 83 heteroatoms. The number of unbranched alkanes of at least 4 members (excludes halogenated alkanes) is 2. The number of rotatable bonds is 23. The van der Waals surface area contributed by atoms with Crippen molar-refractivity contribution in [2.75, 3.05) is 38.9 Å². The van der Waals surface area contributed by atoms with Crippen molar-refractivity contribution in [2.24, 2.45) is 0 Å². The van der Waals surface area contributed by atoms with Crippen LogP contribution in [0.2, 0.25) is 0 Å². The van der Waals surface area contributed by atoms with Gasteiger partial charge in [-0.3, -0.25) is 28.7 Å². The molecule has 4 heterocycles. The number of alkyl halides is 2. The van der Waals surface area contributed by atoms with E-state index in [4.69, 9.17) is 51.6 Å². The number of halogens is 2. The van der Waals surface area contributed by atoms with Crippen LogP contribution in [0.3, 0.4) is 0 Å². The molecular weight excluding hydrogens is 6590 g/mol. The number of aromatic amines is 2. The molecule has 0 aromatic carbocycles. The molecule has 0 spiro atoms. The second-order valence-corrected chi connectivity index (χ2v) is 96.2. The van der Waals surface area contributed by atoms with Gasteiger partial charge < -0.3 is 39.0 Å². The first-order valence-electron chi connectivity index (χ1n) is 31.4. The van der Waals surface area contributed by atoms with Gasteiger partial charge in [-0.05, 0) is 108 Å². The van der Waals surface area contributed by atoms with Crippen molar-refractivity contribution < 1.29 is 611 Å². The van der Waals surface area contributed by atoms with Crippen molar-refractivity contribution in [3.63, 3.8) is 0 Å². The van der Waals surface area contributed by atoms with E-state index < -0.39 is 80.2 Å². The van der Waals surface area contributed by atoms with Crippen molar-refractivity contribution in [3.8, 4) is 0 Å². The van der Waals surface area contributed by atoms with Crippen molar-refractivity contribution in [1.82, 2.24) is 23.8 Å². The Morgan fingerprint density at radius 3 is 0.976 bits per heavy atom. The summed E-state index contributed by atoms with van der Waals surface area (Å²) in [6.45, 7) is 21.9. The molecule has 0 radical (unpaired) electrons. The quantitative estimate of drug-likeness (QED) is 0.0360. The molecule has 9 unspecified atom stereocenters. The first-order valence-corrected chi connectivity index (χ1v) is 88.3. The van der Waals surface area contributed by atoms with E-state index in [2.05, 4.69) is 61.4 Å². The Hall–Kier alpha value is 26.6. The molecule has 2 aliphatic heterocycles. The van der Waals surface area contributed by atoms with E-state index in [0.717, 1.165) is 71.1 Å². The van der Waals surface area contributed by atoms with E-state index in [-0.39, 0.29) is 591 Å². The SMILES string of the molecule is CCC(C)(C)SSCCCCO.S=S=S=S=S=S=S=S=S=S=S=S=S=S=S=S=S=S=S=S=S=S=S=S=S=S=S=S=S=S=S=S=S=S=S=S=S=S=S=S=S.[2H]CC1OC(n2ccc(=O)[nH]c2=O)C(F)C1O.[2H]CC1OC(n2ccc(=O)[nH]c2=O)C(F)C1OP(OCCCCSSC(C)(C)CC)N(C(C)C)C(C)C.[3H]OC.[3H]OC.[U].[U].[U].[U].[U].[U].[U].[U].[U].[U].[U].[U].[U].[U].[U].[U].[U].[U]. The van der Waals surface area contributed by atoms with Gasteiger partial charge in [0.2, 0.25) is 2.86 Å². The number of hydrogen-bond donors (Lipinski definition) is 6. The summed E-state index contributed by atoms with van der Waals surface area (Å²) < 4.78 is 83.6. The molecule has 9 atom stereocenters. The minimum Gasteiger partial charge on any atom is -0.400 e. The van der Waals surface area contributed by atoms with Gasteiger partial charge in [0.25, 0.3) is 19.6 Å². The summed E-state index contributed by atoms with van der Waals surface area (Å²) in [6, 6.07) is 2.36. The average Bonchev–Trinajstić information content (AvgIpc) is 1.65. The minimum absolute atomic E-state index is 0. The number of nitrogens with zero attached hydrogens (tertiary/aromatic N) is 3. The fourth-order valence-electron chi connectivity index (χ4n) is 6.07. The largest absolute Gasteiger partial charge is 0.400 e. The standard InChI is InChI=1S/C24H43FN3O5PS2.C9H11FN2O4.C9H20OS2.2CH4O.S41.18U/c1-9-24(7,8)36-35-15-11-10-14-31-34(28(16(2)3)17(4)5)33-21-18(6)32-22(20(21)25)27-13-12-19(29)26-23(27)30;1-4-7(14)6(10)8(16-4)12-3-2-5(13)11-9(12)15;1-4-9(2,3)12-11-8-6-5-7-10;2*1-2;1-3-5-7-9-11-13-15-17-19-21-23-25-27-29-31-33-35-37-39-41-40-38-36-34-32-30-28-26-24-22-20-18-16-14-12-10-8-6-4-2;;;;;;;;;;;;;;;;;;/h12-13,16-18,20-22H,9-11,14-15H2,1-8H3,(H,26,29,30);2-4,6-8,14H,1H3,(H,11,13,15);10H,4-8H2,1-3H3;2*2H,1H3;;;;;;;;;;;;;;;;;;;/i6D;1D;;2*2T;;;;;;;;;;;;;;;;;;;. The molecule has 0 bridgehead atoms. The fourth-order valence-corrected chi connectivity index (χ4v) is 115. The monoisotopic (exact) mass is 6670 g/mol. The first-order chi connectivity index (χ1) is 54.3. The van der Waals surface area contributed by atoms with E-state index in [1.54, 1.807) is 107 Å². The van der Waals surface area contributed by atoms with Crippen LogP contribution in [-0.2, 0) is 387 Å². The molecule has 0 amide bonds. The summed E-state index contributed by atoms with van der Waals surface area (Å²) in [6.07, 6.45) is -1.99. The summed E-state index contributed by atoms with van der Waals surface area (Å²) in [5.74, 6) is 2.18. The smallest absolute Gasteiger partial charge is 0.330 e. The van der Waals surface area contributed by atoms with Crippen LogP contribution in [0.1, 0.15) is 137 Å². The number of aliphatic hydroxyl groups is 4. The summed E-state index contributed by atoms with van der Waals surface area (Å²) in [5, 5.41) is 25.0. The fraction of sp³-hybridized carbons (Fsp3) is 0.818. The summed E-state index contributed by atoms with van der Waals surface area (Å²) >= 11 is 9.61. The van der Waals surface area contributed by atoms with Gasteiger partial charge in [0.1, 0.15) is 12.2 Å². The third-order valence-electron chi connectivity index (χ3n) is 11.1. The second-order valence-electron chi connectivity index (χ2n) is 19.6. The number of H-pyrrole nitrogens is 2. The van der Waals surface area contributed by atoms with Crippen LogP contribution in [-0.4, -0.2) is 144 Å². The maximum atomic E-state index is 15.7. The molecule has 0 aliphatic carbocycles. The number of hydrogen-bond acceptors (Lipinski definition) is 19. The van der Waals surface area contributed by atoms with Gasteiger partial charge in [0, 0.05) is 1010 Å². The van der Waals surface area contributed by atoms with Crippen molar-refractivity contribution in [3.05, 3.63) is 66.2 Å². The third kappa shape index (κ3) is 118. The normalized spacial score (nSPS) is 15.2. The molecule has 2 saturated heterocycles. The predicted molar refractivity (Wildman–Crippen MR) is 580 cm³/mol. The molecule has 716 valence electrons. The molecule has 4 rings (SSSR count). The van der Waals surface area contributed by atoms with E-state index in [9.17, 15) is 28.7 Å². The average molecular weight is 6680 g/mol. The zero-order valence-corrected chi connectivity index (χ0v) is 180. The van der Waals surface area contributed by atoms with Crippen LogP contribution in [0.15, 0.2) is 43.7 Å². The van der Waals surface area contributed by atoms with Gasteiger partial charge in [-0.1, -0.05) is 57.0 Å². The Bertz CT molecular complexity index is 5250. The third-order valence-corrected chi connectivity index (χ3v) is 105. The molecule has 0 saturated carbocycles. The van der Waals surface area contributed by atoms with Crippen molar-refractivity contribution in [2.45, 2.75) is 192 Å². The number of aromatic nitrogens is 4. The zero-order chi connectivity index (χ0) is 84.8. The Kier molecular flexibility index (Phi) is 216. The van der Waals surface area contributed by atoms with Crippen molar-refractivity contribution in [1.29, 1.82) is 2.86 Å². The minimum atomic E-state index is -1.81. The van der Waals surface area contributed by atoms with Gasteiger partial charge in [-0.15, -0.1) is 0 Å². The van der Waals surface area contributed by atoms with Crippen LogP contribution in [0.5, 0.6) is 0 Å². The predicted octanol–water partition coefficient (Wildman–Crippen LogP) is 7.49. The maximum absolute atomic E-state index is 15.7. The van der Waals surface area contributed by atoms with Crippen molar-refractivity contribution >= 4 is 420 Å². The van der Waals surface area contributed by atoms with Crippen LogP contribution in [0.25, 0.3) is 0 Å². The van der Waals surface area contributed by atoms with Gasteiger partial charge in [-0.25, -0.2) is 23.0 Å². The van der Waals surface area contributed by atoms with Gasteiger partial charge in [-0.2, -0.15) is 0 Å². The summed E-state index contributed by atoms with van der Waals surface area (Å²) in [7, 11) is 77.8. The Morgan fingerprint density at radius 1 is 0.480 bits per heavy atom. The van der Waals surface area contributed by atoms with E-state index >= 15 is 4.39 Å². The van der Waals surface area contributed by atoms with Crippen LogP contribution >= 0.6 is 51.7 Å². The van der Waals surface area contributed by atoms with Crippen LogP contribution < -0.4 is 22.5 Å². The molecule has 2 aliphatic rings. The molecule has 6 N–H and O–H groups in total. The van der Waals surface area contributed by atoms with E-state index in [1.165, 1.54) is 44.6 Å². The Labute approximate surface area is 1320 Å². The Morgan fingerprint density at radius 2 is 0.740 bits per heavy atom. The topological polar surface area (TPSA) is 231 Å². The first kappa shape index (κ1) is 189. The van der Waals surface area contributed by atoms with Gasteiger partial charge >= 0.3 is 11.4 Å². The number of aliphatic hydroxyl groups excluding tert-OH is 4. The molecule has 2 aromatic rings. The van der Waals surface area contributed by atoms with Crippen LogP contribution in [0.4, 0.5) is 8.78 Å². The number of ether oxygens (including phenoxy) is 2. The summed E-state index contributed by atoms with van der Waals surface area (Å²) in [5.41, 5.74) is -2.76. The van der Waals surface area contributed by atoms with Gasteiger partial charge in [0.05, 0.1) is 18.8 Å². The maximum Gasteiger partial charge on any atom is 0.330 e. The zero-order valence-electron chi connectivity index (χ0n) is 71.5. The molecule has 2 aromatic heterocycles. The molecule has 2 fully saturated rings.